The molecule has 0 N–H and O–H groups in total. The van der Waals surface area contributed by atoms with Crippen molar-refractivity contribution >= 4 is 34.3 Å². The summed E-state index contributed by atoms with van der Waals surface area (Å²) in [6.45, 7) is 2.11. The van der Waals surface area contributed by atoms with Gasteiger partial charge in [-0.1, -0.05) is 6.07 Å². The van der Waals surface area contributed by atoms with Crippen LogP contribution in [0.4, 0.5) is 0 Å². The number of aryl methyl sites for hydroxylation is 1. The minimum absolute atomic E-state index is 0.132. The Hall–Kier alpha value is -0.310. The second-order valence-corrected chi connectivity index (χ2v) is 6.08. The molecule has 0 bridgehead atoms. The molecule has 0 radical (unpaired) electrons. The van der Waals surface area contributed by atoms with Crippen molar-refractivity contribution in [2.75, 3.05) is 0 Å². The van der Waals surface area contributed by atoms with Gasteiger partial charge in [-0.05, 0) is 30.5 Å². The number of halogens is 1. The fourth-order valence-corrected chi connectivity index (χ4v) is 3.40. The smallest absolute Gasteiger partial charge is 0.0726 e. The quantitative estimate of drug-likeness (QED) is 0.688. The molecule has 3 heteroatoms. The number of alkyl halides is 1. The van der Waals surface area contributed by atoms with E-state index in [1.165, 1.54) is 14.6 Å². The van der Waals surface area contributed by atoms with Crippen molar-refractivity contribution in [3.05, 3.63) is 44.3 Å². The van der Waals surface area contributed by atoms with Gasteiger partial charge < -0.3 is 0 Å². The minimum atomic E-state index is 0.132. The van der Waals surface area contributed by atoms with Crippen LogP contribution in [0, 0.1) is 6.92 Å². The lowest BCUT2D eigenvalue weighted by Gasteiger charge is -2.04. The van der Waals surface area contributed by atoms with Crippen LogP contribution in [0.1, 0.15) is 20.0 Å². The van der Waals surface area contributed by atoms with Crippen LogP contribution in [0.15, 0.2) is 29.6 Å². The first-order chi connectivity index (χ1) is 6.75. The second kappa shape index (κ2) is 4.47. The van der Waals surface area contributed by atoms with Gasteiger partial charge in [-0.25, -0.2) is 0 Å². The zero-order chi connectivity index (χ0) is 9.97. The number of hydrogen-bond donors (Lipinski definition) is 0. The van der Waals surface area contributed by atoms with E-state index in [9.17, 15) is 0 Å². The molecule has 2 aromatic heterocycles. The standard InChI is InChI=1S/C11H11ClS2/c1-8-4-5-11(14-8)10(12)7-9-3-2-6-13-9/h2-6,10H,7H2,1H3. The Bertz CT molecular complexity index is 389. The molecule has 2 rings (SSSR count). The fraction of sp³-hybridized carbons (Fsp3) is 0.273. The largest absolute Gasteiger partial charge is 0.149 e. The molecular formula is C11H11ClS2. The Labute approximate surface area is 97.2 Å². The molecule has 0 nitrogen and oxygen atoms in total. The van der Waals surface area contributed by atoms with Gasteiger partial charge >= 0.3 is 0 Å². The average molecular weight is 243 g/mol. The number of thiophene rings is 2. The Morgan fingerprint density at radius 2 is 2.21 bits per heavy atom. The SMILES string of the molecule is Cc1ccc(C(Cl)Cc2cccs2)s1. The van der Waals surface area contributed by atoms with Crippen molar-refractivity contribution in [2.45, 2.75) is 18.7 Å². The van der Waals surface area contributed by atoms with E-state index in [2.05, 4.69) is 36.6 Å². The summed E-state index contributed by atoms with van der Waals surface area (Å²) in [4.78, 5) is 3.96. The maximum Gasteiger partial charge on any atom is 0.0726 e. The van der Waals surface area contributed by atoms with E-state index in [4.69, 9.17) is 11.6 Å². The molecule has 0 amide bonds. The first-order valence-corrected chi connectivity index (χ1v) is 6.62. The molecule has 2 heterocycles. The van der Waals surface area contributed by atoms with E-state index in [0.29, 0.717) is 0 Å². The lowest BCUT2D eigenvalue weighted by atomic mass is 10.2. The van der Waals surface area contributed by atoms with Crippen LogP contribution >= 0.6 is 34.3 Å². The Kier molecular flexibility index (Phi) is 3.26. The molecule has 0 aliphatic rings. The fourth-order valence-electron chi connectivity index (χ4n) is 1.33. The lowest BCUT2D eigenvalue weighted by molar-refractivity contribution is 0.960. The summed E-state index contributed by atoms with van der Waals surface area (Å²) in [6, 6.07) is 8.47. The van der Waals surface area contributed by atoms with Gasteiger partial charge in [0.05, 0.1) is 5.38 Å². The van der Waals surface area contributed by atoms with Crippen molar-refractivity contribution < 1.29 is 0 Å². The molecule has 0 aromatic carbocycles. The Balaban J connectivity index is 2.06. The molecule has 0 saturated carbocycles. The monoisotopic (exact) mass is 242 g/mol. The average Bonchev–Trinajstić information content (AvgIpc) is 2.75. The summed E-state index contributed by atoms with van der Waals surface area (Å²) < 4.78 is 0. The summed E-state index contributed by atoms with van der Waals surface area (Å²) in [5, 5.41) is 2.23. The molecule has 1 atom stereocenters. The van der Waals surface area contributed by atoms with E-state index in [0.717, 1.165) is 6.42 Å². The number of rotatable bonds is 3. The lowest BCUT2D eigenvalue weighted by Crippen LogP contribution is -1.89. The molecule has 2 aromatic rings. The molecule has 14 heavy (non-hydrogen) atoms. The first kappa shape index (κ1) is 10.2. The Morgan fingerprint density at radius 3 is 2.79 bits per heavy atom. The second-order valence-electron chi connectivity index (χ2n) is 3.20. The summed E-state index contributed by atoms with van der Waals surface area (Å²) in [5.74, 6) is 0. The van der Waals surface area contributed by atoms with Crippen molar-refractivity contribution in [1.82, 2.24) is 0 Å². The zero-order valence-electron chi connectivity index (χ0n) is 7.87. The summed E-state index contributed by atoms with van der Waals surface area (Å²) in [5.41, 5.74) is 0. The third-order valence-corrected chi connectivity index (χ3v) is 4.56. The molecule has 0 aliphatic heterocycles. The van der Waals surface area contributed by atoms with Gasteiger partial charge in [-0.15, -0.1) is 34.3 Å². The predicted octanol–water partition coefficient (Wildman–Crippen LogP) is 4.64. The highest BCUT2D eigenvalue weighted by molar-refractivity contribution is 7.12. The van der Waals surface area contributed by atoms with E-state index < -0.39 is 0 Å². The van der Waals surface area contributed by atoms with Gasteiger partial charge in [0.2, 0.25) is 0 Å². The highest BCUT2D eigenvalue weighted by Crippen LogP contribution is 2.31. The van der Waals surface area contributed by atoms with Gasteiger partial charge in [0.15, 0.2) is 0 Å². The Morgan fingerprint density at radius 1 is 1.36 bits per heavy atom. The van der Waals surface area contributed by atoms with Crippen molar-refractivity contribution in [1.29, 1.82) is 0 Å². The van der Waals surface area contributed by atoms with Gasteiger partial charge in [-0.2, -0.15) is 0 Å². The molecular weight excluding hydrogens is 232 g/mol. The minimum Gasteiger partial charge on any atom is -0.149 e. The van der Waals surface area contributed by atoms with Crippen molar-refractivity contribution in [3.63, 3.8) is 0 Å². The van der Waals surface area contributed by atoms with Crippen LogP contribution in [0.25, 0.3) is 0 Å². The van der Waals surface area contributed by atoms with Crippen LogP contribution in [-0.2, 0) is 6.42 Å². The van der Waals surface area contributed by atoms with Gasteiger partial charge in [0.25, 0.3) is 0 Å². The molecule has 0 fully saturated rings. The number of hydrogen-bond acceptors (Lipinski definition) is 2. The normalized spacial score (nSPS) is 13.0. The molecule has 0 spiro atoms. The maximum atomic E-state index is 6.33. The van der Waals surface area contributed by atoms with Crippen LogP contribution < -0.4 is 0 Å². The summed E-state index contributed by atoms with van der Waals surface area (Å²) in [6.07, 6.45) is 0.944. The summed E-state index contributed by atoms with van der Waals surface area (Å²) >= 11 is 9.89. The summed E-state index contributed by atoms with van der Waals surface area (Å²) in [7, 11) is 0. The molecule has 0 aliphatic carbocycles. The van der Waals surface area contributed by atoms with Crippen molar-refractivity contribution in [3.8, 4) is 0 Å². The van der Waals surface area contributed by atoms with Gasteiger partial charge in [0, 0.05) is 21.1 Å². The van der Waals surface area contributed by atoms with Crippen LogP contribution in [0.5, 0.6) is 0 Å². The highest BCUT2D eigenvalue weighted by atomic mass is 35.5. The van der Waals surface area contributed by atoms with Crippen LogP contribution in [0.3, 0.4) is 0 Å². The molecule has 74 valence electrons. The predicted molar refractivity (Wildman–Crippen MR) is 65.7 cm³/mol. The van der Waals surface area contributed by atoms with Gasteiger partial charge in [0.1, 0.15) is 0 Å². The van der Waals surface area contributed by atoms with E-state index in [1.54, 1.807) is 22.7 Å². The molecule has 1 unspecified atom stereocenters. The third kappa shape index (κ3) is 2.38. The topological polar surface area (TPSA) is 0 Å². The highest BCUT2D eigenvalue weighted by Gasteiger charge is 2.11. The van der Waals surface area contributed by atoms with E-state index >= 15 is 0 Å². The van der Waals surface area contributed by atoms with Crippen molar-refractivity contribution in [2.24, 2.45) is 0 Å². The third-order valence-electron chi connectivity index (χ3n) is 2.03. The van der Waals surface area contributed by atoms with Crippen LogP contribution in [-0.4, -0.2) is 0 Å². The van der Waals surface area contributed by atoms with E-state index in [1.807, 2.05) is 0 Å². The van der Waals surface area contributed by atoms with Gasteiger partial charge in [-0.3, -0.25) is 0 Å². The van der Waals surface area contributed by atoms with E-state index in [-0.39, 0.29) is 5.38 Å². The first-order valence-electron chi connectivity index (χ1n) is 4.48. The maximum absolute atomic E-state index is 6.33. The zero-order valence-corrected chi connectivity index (χ0v) is 10.3. The molecule has 0 saturated heterocycles. The van der Waals surface area contributed by atoms with Crippen LogP contribution in [0.2, 0.25) is 0 Å².